The number of ether oxygens (including phenoxy) is 3. The van der Waals surface area contributed by atoms with E-state index in [0.29, 0.717) is 0 Å². The van der Waals surface area contributed by atoms with Crippen LogP contribution in [0.1, 0.15) is 27.2 Å². The minimum absolute atomic E-state index is 0.0222. The van der Waals surface area contributed by atoms with Crippen molar-refractivity contribution >= 4 is 23.8 Å². The molecule has 0 bridgehead atoms. The zero-order chi connectivity index (χ0) is 15.3. The Morgan fingerprint density at radius 1 is 1.10 bits per heavy atom. The molecular weight excluding hydrogens is 270 g/mol. The van der Waals surface area contributed by atoms with Crippen molar-refractivity contribution in [2.45, 2.75) is 39.5 Å². The highest BCUT2D eigenvalue weighted by Gasteiger charge is 2.44. The molecule has 1 aliphatic rings. The molecule has 0 aliphatic carbocycles. The number of rotatable bonds is 5. The van der Waals surface area contributed by atoms with Crippen molar-refractivity contribution < 1.29 is 33.4 Å². The van der Waals surface area contributed by atoms with Crippen molar-refractivity contribution in [3.05, 3.63) is 0 Å². The highest BCUT2D eigenvalue weighted by atomic mass is 16.6. The van der Waals surface area contributed by atoms with Gasteiger partial charge in [0.15, 0.2) is 6.10 Å². The topological polar surface area (TPSA) is 99.2 Å². The average molecular weight is 287 g/mol. The Labute approximate surface area is 115 Å². The predicted molar refractivity (Wildman–Crippen MR) is 64.1 cm³/mol. The molecule has 0 saturated carbocycles. The molecule has 0 spiro atoms. The maximum atomic E-state index is 11.8. The van der Waals surface area contributed by atoms with E-state index < -0.39 is 30.2 Å². The van der Waals surface area contributed by atoms with Gasteiger partial charge in [-0.1, -0.05) is 0 Å². The highest BCUT2D eigenvalue weighted by molar-refractivity contribution is 5.81. The summed E-state index contributed by atoms with van der Waals surface area (Å²) >= 11 is 0. The zero-order valence-corrected chi connectivity index (χ0v) is 11.6. The molecule has 0 aromatic rings. The van der Waals surface area contributed by atoms with Crippen LogP contribution >= 0.6 is 0 Å². The molecule has 112 valence electrons. The van der Waals surface area contributed by atoms with E-state index in [2.05, 4.69) is 0 Å². The fraction of sp³-hybridized carbons (Fsp3) is 0.667. The summed E-state index contributed by atoms with van der Waals surface area (Å²) < 4.78 is 14.7. The molecular formula is C12H17NO7. The molecule has 1 amide bonds. The molecule has 8 nitrogen and oxygen atoms in total. The maximum Gasteiger partial charge on any atom is 0.304 e. The van der Waals surface area contributed by atoms with Crippen LogP contribution in [0.5, 0.6) is 0 Å². The van der Waals surface area contributed by atoms with E-state index >= 15 is 0 Å². The van der Waals surface area contributed by atoms with Gasteiger partial charge >= 0.3 is 17.9 Å². The number of likely N-dealkylation sites (tertiary alicyclic amines) is 1. The third kappa shape index (κ3) is 4.52. The van der Waals surface area contributed by atoms with Gasteiger partial charge in [0.25, 0.3) is 0 Å². The lowest BCUT2D eigenvalue weighted by molar-refractivity contribution is -0.174. The molecule has 8 heteroatoms. The van der Waals surface area contributed by atoms with Gasteiger partial charge in [-0.05, 0) is 0 Å². The summed E-state index contributed by atoms with van der Waals surface area (Å²) in [6, 6.07) is 0. The minimum atomic E-state index is -0.987. The van der Waals surface area contributed by atoms with Crippen molar-refractivity contribution in [2.75, 3.05) is 13.2 Å². The summed E-state index contributed by atoms with van der Waals surface area (Å²) in [6.45, 7) is 3.69. The van der Waals surface area contributed by atoms with E-state index in [4.69, 9.17) is 14.2 Å². The van der Waals surface area contributed by atoms with Gasteiger partial charge in [-0.2, -0.15) is 0 Å². The van der Waals surface area contributed by atoms with Crippen molar-refractivity contribution in [3.8, 4) is 0 Å². The smallest absolute Gasteiger partial charge is 0.304 e. The van der Waals surface area contributed by atoms with Gasteiger partial charge in [-0.3, -0.25) is 19.2 Å². The second-order valence-corrected chi connectivity index (χ2v) is 4.28. The first-order valence-corrected chi connectivity index (χ1v) is 6.08. The molecule has 2 atom stereocenters. The van der Waals surface area contributed by atoms with E-state index in [1.54, 1.807) is 0 Å². The fourth-order valence-corrected chi connectivity index (χ4v) is 1.90. The molecule has 0 unspecified atom stereocenters. The average Bonchev–Trinajstić information content (AvgIpc) is 2.55. The highest BCUT2D eigenvalue weighted by Crippen LogP contribution is 2.23. The van der Waals surface area contributed by atoms with Gasteiger partial charge in [0.1, 0.15) is 6.61 Å². The number of nitrogens with zero attached hydrogens (tertiary/aromatic N) is 1. The molecule has 1 heterocycles. The Morgan fingerprint density at radius 2 is 1.70 bits per heavy atom. The van der Waals surface area contributed by atoms with Crippen LogP contribution in [0.25, 0.3) is 0 Å². The predicted octanol–water partition coefficient (Wildman–Crippen LogP) is -0.397. The molecule has 1 saturated heterocycles. The third-order valence-electron chi connectivity index (χ3n) is 2.56. The van der Waals surface area contributed by atoms with Crippen LogP contribution in [0.4, 0.5) is 0 Å². The zero-order valence-electron chi connectivity index (χ0n) is 11.6. The number of amides is 1. The van der Waals surface area contributed by atoms with Crippen LogP contribution in [0.2, 0.25) is 0 Å². The van der Waals surface area contributed by atoms with Crippen LogP contribution < -0.4 is 0 Å². The maximum absolute atomic E-state index is 11.8. The van der Waals surface area contributed by atoms with Crippen LogP contribution in [-0.4, -0.2) is 54.2 Å². The first-order chi connectivity index (χ1) is 9.31. The van der Waals surface area contributed by atoms with Crippen molar-refractivity contribution in [3.63, 3.8) is 0 Å². The van der Waals surface area contributed by atoms with Gasteiger partial charge in [0.2, 0.25) is 12.1 Å². The number of hydrogen-bond acceptors (Lipinski definition) is 7. The summed E-state index contributed by atoms with van der Waals surface area (Å²) in [5, 5.41) is 0. The molecule has 1 rings (SSSR count). The SMILES string of the molecule is CC(=O)OCCN1C(=O)C[C@H](OC(C)=O)[C@@H]1OC(C)=O. The Balaban J connectivity index is 2.72. The van der Waals surface area contributed by atoms with E-state index in [0.717, 1.165) is 0 Å². The van der Waals surface area contributed by atoms with Crippen molar-refractivity contribution in [1.29, 1.82) is 0 Å². The number of hydrogen-bond donors (Lipinski definition) is 0. The van der Waals surface area contributed by atoms with Crippen LogP contribution in [0.3, 0.4) is 0 Å². The first-order valence-electron chi connectivity index (χ1n) is 6.08. The van der Waals surface area contributed by atoms with Crippen LogP contribution in [0.15, 0.2) is 0 Å². The Hall–Kier alpha value is -2.12. The number of esters is 3. The van der Waals surface area contributed by atoms with Gasteiger partial charge in [0, 0.05) is 20.8 Å². The lowest BCUT2D eigenvalue weighted by atomic mass is 10.3. The molecule has 20 heavy (non-hydrogen) atoms. The molecule has 0 N–H and O–H groups in total. The van der Waals surface area contributed by atoms with E-state index in [1.165, 1.54) is 25.7 Å². The lowest BCUT2D eigenvalue weighted by Crippen LogP contribution is -2.43. The van der Waals surface area contributed by atoms with E-state index in [-0.39, 0.29) is 25.5 Å². The third-order valence-corrected chi connectivity index (χ3v) is 2.56. The van der Waals surface area contributed by atoms with Crippen molar-refractivity contribution in [2.24, 2.45) is 0 Å². The van der Waals surface area contributed by atoms with Crippen LogP contribution in [-0.2, 0) is 33.4 Å². The van der Waals surface area contributed by atoms with Gasteiger partial charge < -0.3 is 19.1 Å². The summed E-state index contributed by atoms with van der Waals surface area (Å²) in [5.41, 5.74) is 0. The minimum Gasteiger partial charge on any atom is -0.464 e. The second-order valence-electron chi connectivity index (χ2n) is 4.28. The molecule has 0 radical (unpaired) electrons. The Morgan fingerprint density at radius 3 is 2.20 bits per heavy atom. The van der Waals surface area contributed by atoms with E-state index in [1.807, 2.05) is 0 Å². The lowest BCUT2D eigenvalue weighted by Gasteiger charge is -2.26. The fourth-order valence-electron chi connectivity index (χ4n) is 1.90. The quantitative estimate of drug-likeness (QED) is 0.501. The summed E-state index contributed by atoms with van der Waals surface area (Å²) in [5.74, 6) is -1.98. The van der Waals surface area contributed by atoms with Gasteiger partial charge in [0.05, 0.1) is 13.0 Å². The number of carbonyl (C=O) groups excluding carboxylic acids is 4. The molecule has 1 aliphatic heterocycles. The van der Waals surface area contributed by atoms with Gasteiger partial charge in [-0.25, -0.2) is 0 Å². The summed E-state index contributed by atoms with van der Waals surface area (Å²) in [7, 11) is 0. The largest absolute Gasteiger partial charge is 0.464 e. The Kier molecular flexibility index (Phi) is 5.48. The number of carbonyl (C=O) groups is 4. The normalized spacial score (nSPS) is 21.6. The first kappa shape index (κ1) is 15.9. The molecule has 0 aromatic carbocycles. The van der Waals surface area contributed by atoms with Crippen LogP contribution in [0, 0.1) is 0 Å². The second kappa shape index (κ2) is 6.88. The summed E-state index contributed by atoms with van der Waals surface area (Å²) in [6.07, 6.45) is -1.90. The van der Waals surface area contributed by atoms with Crippen molar-refractivity contribution in [1.82, 2.24) is 4.90 Å². The van der Waals surface area contributed by atoms with E-state index in [9.17, 15) is 19.2 Å². The monoisotopic (exact) mass is 287 g/mol. The standard InChI is InChI=1S/C12H17NO7/c1-7(14)18-5-4-13-11(17)6-10(19-8(2)15)12(13)20-9(3)16/h10,12H,4-6H2,1-3H3/t10-,12-/m0/s1. The molecule has 1 fully saturated rings. The molecule has 0 aromatic heterocycles. The summed E-state index contributed by atoms with van der Waals surface area (Å²) in [4.78, 5) is 45.8. The Bertz CT molecular complexity index is 420. The van der Waals surface area contributed by atoms with Gasteiger partial charge in [-0.15, -0.1) is 0 Å².